The molecule has 2 aromatic rings. The lowest BCUT2D eigenvalue weighted by Crippen LogP contribution is -2.29. The average Bonchev–Trinajstić information content (AvgIpc) is 3.52. The molecule has 2 aliphatic rings. The van der Waals surface area contributed by atoms with Crippen molar-refractivity contribution >= 4 is 15.9 Å². The fourth-order valence-electron chi connectivity index (χ4n) is 4.43. The second-order valence-corrected chi connectivity index (χ2v) is 10.2. The van der Waals surface area contributed by atoms with E-state index in [9.17, 15) is 13.2 Å². The predicted octanol–water partition coefficient (Wildman–Crippen LogP) is 3.01. The lowest BCUT2D eigenvalue weighted by atomic mass is 10.1. The number of benzene rings is 2. The molecular formula is C24H31N3O4S. The van der Waals surface area contributed by atoms with Crippen molar-refractivity contribution in [1.29, 1.82) is 0 Å². The van der Waals surface area contributed by atoms with Crippen molar-refractivity contribution in [3.05, 3.63) is 59.2 Å². The number of rotatable bonds is 8. The van der Waals surface area contributed by atoms with Crippen LogP contribution in [-0.4, -0.2) is 57.4 Å². The van der Waals surface area contributed by atoms with Gasteiger partial charge in [0.15, 0.2) is 0 Å². The zero-order valence-electron chi connectivity index (χ0n) is 18.5. The van der Waals surface area contributed by atoms with E-state index >= 15 is 0 Å². The topological polar surface area (TPSA) is 79.0 Å². The van der Waals surface area contributed by atoms with E-state index < -0.39 is 10.0 Å². The van der Waals surface area contributed by atoms with E-state index in [1.165, 1.54) is 32.1 Å². The summed E-state index contributed by atoms with van der Waals surface area (Å²) in [4.78, 5) is 17.1. The molecule has 2 saturated heterocycles. The number of carbonyl (C=O) groups is 1. The van der Waals surface area contributed by atoms with Crippen LogP contribution in [0.15, 0.2) is 47.4 Å². The summed E-state index contributed by atoms with van der Waals surface area (Å²) in [6.07, 6.45) is 4.35. The first-order valence-corrected chi connectivity index (χ1v) is 12.7. The summed E-state index contributed by atoms with van der Waals surface area (Å²) in [6.45, 7) is 4.57. The third kappa shape index (κ3) is 5.14. The summed E-state index contributed by atoms with van der Waals surface area (Å²) in [5.41, 5.74) is 2.38. The number of ether oxygens (including phenoxy) is 1. The monoisotopic (exact) mass is 457 g/mol. The molecule has 1 amide bonds. The number of nitrogens with zero attached hydrogens (tertiary/aromatic N) is 2. The van der Waals surface area contributed by atoms with E-state index in [1.807, 2.05) is 18.2 Å². The molecule has 8 heteroatoms. The van der Waals surface area contributed by atoms with Crippen molar-refractivity contribution in [2.75, 3.05) is 33.3 Å². The maximum absolute atomic E-state index is 13.1. The number of nitrogens with one attached hydrogen (secondary N) is 1. The van der Waals surface area contributed by atoms with Gasteiger partial charge >= 0.3 is 0 Å². The molecule has 0 unspecified atom stereocenters. The summed E-state index contributed by atoms with van der Waals surface area (Å²) < 4.78 is 34.2. The Morgan fingerprint density at radius 3 is 2.31 bits per heavy atom. The normalized spacial score (nSPS) is 17.1. The molecule has 0 saturated carbocycles. The van der Waals surface area contributed by atoms with Crippen molar-refractivity contribution in [3.63, 3.8) is 0 Å². The Balaban J connectivity index is 1.51. The number of carbonyl (C=O) groups excluding carboxylic acids is 1. The van der Waals surface area contributed by atoms with Crippen LogP contribution in [0.25, 0.3) is 0 Å². The molecule has 0 aromatic heterocycles. The van der Waals surface area contributed by atoms with Crippen LogP contribution in [0, 0.1) is 0 Å². The average molecular weight is 458 g/mol. The highest BCUT2D eigenvalue weighted by Gasteiger charge is 2.25. The van der Waals surface area contributed by atoms with Gasteiger partial charge in [0, 0.05) is 26.2 Å². The lowest BCUT2D eigenvalue weighted by Gasteiger charge is -2.19. The molecule has 0 spiro atoms. The van der Waals surface area contributed by atoms with E-state index in [0.29, 0.717) is 18.8 Å². The molecule has 0 aliphatic carbocycles. The maximum atomic E-state index is 13.1. The molecule has 2 heterocycles. The van der Waals surface area contributed by atoms with Gasteiger partial charge in [0.2, 0.25) is 10.0 Å². The number of hydrogen-bond donors (Lipinski definition) is 1. The number of hydrogen-bond acceptors (Lipinski definition) is 5. The SMILES string of the molecule is COc1ccc(S(=O)(=O)NCc2ccccc2CN2CCCC2)cc1C(=O)N1CCCC1. The highest BCUT2D eigenvalue weighted by atomic mass is 32.2. The van der Waals surface area contributed by atoms with Crippen molar-refractivity contribution in [2.24, 2.45) is 0 Å². The van der Waals surface area contributed by atoms with Crippen molar-refractivity contribution < 1.29 is 17.9 Å². The number of likely N-dealkylation sites (tertiary alicyclic amines) is 2. The molecule has 1 N–H and O–H groups in total. The Bertz CT molecular complexity index is 1060. The smallest absolute Gasteiger partial charge is 0.257 e. The summed E-state index contributed by atoms with van der Waals surface area (Å²) >= 11 is 0. The largest absolute Gasteiger partial charge is 0.496 e. The quantitative estimate of drug-likeness (QED) is 0.659. The fourth-order valence-corrected chi connectivity index (χ4v) is 5.47. The molecule has 32 heavy (non-hydrogen) atoms. The van der Waals surface area contributed by atoms with E-state index in [2.05, 4.69) is 15.7 Å². The van der Waals surface area contributed by atoms with E-state index in [-0.39, 0.29) is 22.9 Å². The highest BCUT2D eigenvalue weighted by Crippen LogP contribution is 2.26. The second kappa shape index (κ2) is 10.0. The van der Waals surface area contributed by atoms with Gasteiger partial charge in [-0.2, -0.15) is 0 Å². The van der Waals surface area contributed by atoms with Crippen LogP contribution < -0.4 is 9.46 Å². The lowest BCUT2D eigenvalue weighted by molar-refractivity contribution is 0.0789. The second-order valence-electron chi connectivity index (χ2n) is 8.44. The Hall–Kier alpha value is -2.42. The van der Waals surface area contributed by atoms with E-state index in [1.54, 1.807) is 11.0 Å². The van der Waals surface area contributed by atoms with Gasteiger partial charge in [0.05, 0.1) is 17.6 Å². The minimum absolute atomic E-state index is 0.0675. The Kier molecular flexibility index (Phi) is 7.13. The summed E-state index contributed by atoms with van der Waals surface area (Å²) in [7, 11) is -2.31. The maximum Gasteiger partial charge on any atom is 0.257 e. The number of sulfonamides is 1. The first-order chi connectivity index (χ1) is 15.5. The third-order valence-electron chi connectivity index (χ3n) is 6.27. The molecule has 2 aliphatic heterocycles. The molecule has 7 nitrogen and oxygen atoms in total. The molecule has 0 bridgehead atoms. The third-order valence-corrected chi connectivity index (χ3v) is 7.67. The van der Waals surface area contributed by atoms with Crippen LogP contribution in [0.2, 0.25) is 0 Å². The van der Waals surface area contributed by atoms with Gasteiger partial charge in [-0.05, 0) is 68.1 Å². The standard InChI is InChI=1S/C24H31N3O4S/c1-31-23-11-10-21(16-22(23)24(28)27-14-6-7-15-27)32(29,30)25-17-19-8-2-3-9-20(19)18-26-12-4-5-13-26/h2-3,8-11,16,25H,4-7,12-15,17-18H2,1H3. The Morgan fingerprint density at radius 2 is 1.62 bits per heavy atom. The van der Waals surface area contributed by atoms with Gasteiger partial charge in [-0.3, -0.25) is 9.69 Å². The summed E-state index contributed by atoms with van der Waals surface area (Å²) in [5, 5.41) is 0. The molecule has 0 radical (unpaired) electrons. The molecular weight excluding hydrogens is 426 g/mol. The zero-order valence-corrected chi connectivity index (χ0v) is 19.4. The van der Waals surface area contributed by atoms with Crippen LogP contribution in [0.3, 0.4) is 0 Å². The minimum Gasteiger partial charge on any atom is -0.496 e. The van der Waals surface area contributed by atoms with Gasteiger partial charge in [0.1, 0.15) is 5.75 Å². The zero-order chi connectivity index (χ0) is 22.6. The van der Waals surface area contributed by atoms with E-state index in [4.69, 9.17) is 4.74 Å². The van der Waals surface area contributed by atoms with Gasteiger partial charge < -0.3 is 9.64 Å². The van der Waals surface area contributed by atoms with Crippen LogP contribution in [0.5, 0.6) is 5.75 Å². The summed E-state index contributed by atoms with van der Waals surface area (Å²) in [6, 6.07) is 12.4. The van der Waals surface area contributed by atoms with Crippen LogP contribution in [0.4, 0.5) is 0 Å². The van der Waals surface area contributed by atoms with Crippen LogP contribution >= 0.6 is 0 Å². The predicted molar refractivity (Wildman–Crippen MR) is 123 cm³/mol. The van der Waals surface area contributed by atoms with Crippen LogP contribution in [0.1, 0.15) is 47.2 Å². The molecule has 172 valence electrons. The van der Waals surface area contributed by atoms with Crippen molar-refractivity contribution in [2.45, 2.75) is 43.7 Å². The van der Waals surface area contributed by atoms with Crippen LogP contribution in [-0.2, 0) is 23.1 Å². The first-order valence-electron chi connectivity index (χ1n) is 11.2. The Morgan fingerprint density at radius 1 is 0.969 bits per heavy atom. The van der Waals surface area contributed by atoms with Gasteiger partial charge in [-0.15, -0.1) is 0 Å². The fraction of sp³-hybridized carbons (Fsp3) is 0.458. The minimum atomic E-state index is -3.80. The van der Waals surface area contributed by atoms with Crippen molar-refractivity contribution in [1.82, 2.24) is 14.5 Å². The van der Waals surface area contributed by atoms with Gasteiger partial charge in [-0.25, -0.2) is 13.1 Å². The summed E-state index contributed by atoms with van der Waals surface area (Å²) in [5.74, 6) is 0.198. The number of amides is 1. The number of methoxy groups -OCH3 is 1. The first kappa shape index (κ1) is 22.8. The van der Waals surface area contributed by atoms with Crippen molar-refractivity contribution in [3.8, 4) is 5.75 Å². The molecule has 2 aromatic carbocycles. The Labute approximate surface area is 190 Å². The van der Waals surface area contributed by atoms with E-state index in [0.717, 1.165) is 43.6 Å². The molecule has 4 rings (SSSR count). The van der Waals surface area contributed by atoms with Gasteiger partial charge in [0.25, 0.3) is 5.91 Å². The molecule has 2 fully saturated rings. The highest BCUT2D eigenvalue weighted by molar-refractivity contribution is 7.89. The molecule has 0 atom stereocenters. The van der Waals surface area contributed by atoms with Gasteiger partial charge in [-0.1, -0.05) is 24.3 Å².